The van der Waals surface area contributed by atoms with E-state index < -0.39 is 0 Å². The molecule has 1 saturated carbocycles. The zero-order valence-corrected chi connectivity index (χ0v) is 17.7. The molecule has 0 radical (unpaired) electrons. The van der Waals surface area contributed by atoms with Gasteiger partial charge in [-0.25, -0.2) is 18.7 Å². The van der Waals surface area contributed by atoms with Crippen LogP contribution in [0.15, 0.2) is 53.5 Å². The summed E-state index contributed by atoms with van der Waals surface area (Å²) in [7, 11) is 0. The molecule has 4 aromatic rings. The molecule has 0 atom stereocenters. The second-order valence-electron chi connectivity index (χ2n) is 8.62. The van der Waals surface area contributed by atoms with Gasteiger partial charge in [0.1, 0.15) is 11.2 Å². The van der Waals surface area contributed by atoms with Crippen molar-refractivity contribution in [3.05, 3.63) is 76.0 Å². The van der Waals surface area contributed by atoms with Crippen molar-refractivity contribution in [1.82, 2.24) is 24.6 Å². The summed E-state index contributed by atoms with van der Waals surface area (Å²) in [6.45, 7) is 4.26. The zero-order chi connectivity index (χ0) is 21.9. The Kier molecular flexibility index (Phi) is 4.19. The highest BCUT2D eigenvalue weighted by atomic mass is 19.1. The second-order valence-corrected chi connectivity index (χ2v) is 8.62. The third kappa shape index (κ3) is 2.94. The van der Waals surface area contributed by atoms with E-state index in [1.54, 1.807) is 27.7 Å². The van der Waals surface area contributed by atoms with E-state index in [2.05, 4.69) is 38.8 Å². The van der Waals surface area contributed by atoms with Crippen LogP contribution in [0, 0.1) is 5.82 Å². The molecule has 162 valence electrons. The summed E-state index contributed by atoms with van der Waals surface area (Å²) in [6, 6.07) is 12.5. The van der Waals surface area contributed by atoms with E-state index in [1.165, 1.54) is 36.1 Å². The summed E-state index contributed by atoms with van der Waals surface area (Å²) in [5.74, 6) is 0.0777. The number of fused-ring (bicyclic) bond motifs is 3. The summed E-state index contributed by atoms with van der Waals surface area (Å²) in [5, 5.41) is 7.24. The molecule has 1 aliphatic carbocycles. The van der Waals surface area contributed by atoms with Gasteiger partial charge in [-0.15, -0.1) is 0 Å². The van der Waals surface area contributed by atoms with Crippen molar-refractivity contribution in [3.8, 4) is 5.69 Å². The van der Waals surface area contributed by atoms with Crippen LogP contribution in [0.25, 0.3) is 16.7 Å². The molecule has 32 heavy (non-hydrogen) atoms. The number of hydrogen-bond acceptors (Lipinski definition) is 5. The molecule has 3 heterocycles. The molecule has 0 saturated heterocycles. The highest BCUT2D eigenvalue weighted by Crippen LogP contribution is 2.50. The molecule has 1 aliphatic heterocycles. The van der Waals surface area contributed by atoms with Crippen LogP contribution in [0.2, 0.25) is 0 Å². The van der Waals surface area contributed by atoms with Crippen molar-refractivity contribution in [2.24, 2.45) is 0 Å². The Morgan fingerprint density at radius 1 is 1.19 bits per heavy atom. The van der Waals surface area contributed by atoms with Crippen LogP contribution in [-0.2, 0) is 18.5 Å². The van der Waals surface area contributed by atoms with E-state index in [0.717, 1.165) is 18.8 Å². The van der Waals surface area contributed by atoms with Gasteiger partial charge in [-0.3, -0.25) is 4.79 Å². The molecule has 6 rings (SSSR count). The first-order valence-electron chi connectivity index (χ1n) is 10.9. The van der Waals surface area contributed by atoms with Gasteiger partial charge in [0.25, 0.3) is 5.56 Å². The first-order chi connectivity index (χ1) is 15.6. The van der Waals surface area contributed by atoms with Crippen molar-refractivity contribution < 1.29 is 4.39 Å². The third-order valence-electron chi connectivity index (χ3n) is 6.61. The Balaban J connectivity index is 1.41. The predicted molar refractivity (Wildman–Crippen MR) is 121 cm³/mol. The number of nitrogens with one attached hydrogen (secondary N) is 2. The average molecular weight is 430 g/mol. The SMILES string of the molecule is CCn1c(=O)c2cnc(Nc3ccc4c(c3)CNCC43CC3)nc2n1-c1ccc(F)cc1. The molecule has 1 fully saturated rings. The molecular weight excluding hydrogens is 407 g/mol. The van der Waals surface area contributed by atoms with Gasteiger partial charge in [0, 0.05) is 36.9 Å². The molecular formula is C24H23FN6O. The summed E-state index contributed by atoms with van der Waals surface area (Å²) in [5.41, 5.74) is 4.97. The number of nitrogens with zero attached hydrogens (tertiary/aromatic N) is 4. The average Bonchev–Trinajstić information content (AvgIpc) is 3.51. The standard InChI is InChI=1S/C24H23FN6O/c1-2-30-22(32)19-13-27-23(29-21(19)31(30)18-6-3-16(25)4-7-18)28-17-5-8-20-15(11-17)12-26-14-24(20)9-10-24/h3-8,11,13,26H,2,9-10,12,14H2,1H3,(H,27,28,29). The Hall–Kier alpha value is -3.52. The summed E-state index contributed by atoms with van der Waals surface area (Å²) >= 11 is 0. The van der Waals surface area contributed by atoms with Gasteiger partial charge in [-0.1, -0.05) is 6.07 Å². The van der Waals surface area contributed by atoms with Crippen LogP contribution >= 0.6 is 0 Å². The van der Waals surface area contributed by atoms with Crippen molar-refractivity contribution in [2.75, 3.05) is 11.9 Å². The quantitative estimate of drug-likeness (QED) is 0.517. The van der Waals surface area contributed by atoms with Crippen LogP contribution in [-0.4, -0.2) is 25.9 Å². The van der Waals surface area contributed by atoms with Gasteiger partial charge in [0.15, 0.2) is 5.65 Å². The minimum absolute atomic E-state index is 0.173. The van der Waals surface area contributed by atoms with Crippen molar-refractivity contribution >= 4 is 22.7 Å². The lowest BCUT2D eigenvalue weighted by Gasteiger charge is -2.26. The van der Waals surface area contributed by atoms with Crippen molar-refractivity contribution in [2.45, 2.75) is 38.3 Å². The van der Waals surface area contributed by atoms with Gasteiger partial charge >= 0.3 is 0 Å². The van der Waals surface area contributed by atoms with Crippen LogP contribution in [0.5, 0.6) is 0 Å². The molecule has 0 amide bonds. The predicted octanol–water partition coefficient (Wildman–Crippen LogP) is 3.62. The topological polar surface area (TPSA) is 76.8 Å². The van der Waals surface area contributed by atoms with Gasteiger partial charge in [0.05, 0.1) is 5.69 Å². The van der Waals surface area contributed by atoms with Gasteiger partial charge in [-0.05, 0) is 67.3 Å². The monoisotopic (exact) mass is 430 g/mol. The highest BCUT2D eigenvalue weighted by molar-refractivity contribution is 5.77. The lowest BCUT2D eigenvalue weighted by atomic mass is 9.88. The third-order valence-corrected chi connectivity index (χ3v) is 6.61. The summed E-state index contributed by atoms with van der Waals surface area (Å²) in [6.07, 6.45) is 4.04. The maximum Gasteiger partial charge on any atom is 0.278 e. The van der Waals surface area contributed by atoms with E-state index in [-0.39, 0.29) is 11.4 Å². The maximum atomic E-state index is 13.5. The molecule has 0 unspecified atom stereocenters. The van der Waals surface area contributed by atoms with Crippen LogP contribution in [0.3, 0.4) is 0 Å². The molecule has 8 heteroatoms. The number of hydrogen-bond donors (Lipinski definition) is 2. The van der Waals surface area contributed by atoms with E-state index in [4.69, 9.17) is 0 Å². The molecule has 2 aromatic carbocycles. The van der Waals surface area contributed by atoms with Gasteiger partial charge < -0.3 is 10.6 Å². The fourth-order valence-electron chi connectivity index (χ4n) is 4.81. The normalized spacial score (nSPS) is 16.3. The lowest BCUT2D eigenvalue weighted by Crippen LogP contribution is -2.33. The first-order valence-corrected chi connectivity index (χ1v) is 10.9. The number of rotatable bonds is 4. The van der Waals surface area contributed by atoms with Crippen LogP contribution in [0.1, 0.15) is 30.9 Å². The lowest BCUT2D eigenvalue weighted by molar-refractivity contribution is 0.531. The number of anilines is 2. The fourth-order valence-corrected chi connectivity index (χ4v) is 4.81. The fraction of sp³-hybridized carbons (Fsp3) is 0.292. The van der Waals surface area contributed by atoms with E-state index >= 15 is 0 Å². The molecule has 0 bridgehead atoms. The van der Waals surface area contributed by atoms with Crippen LogP contribution in [0.4, 0.5) is 16.0 Å². The van der Waals surface area contributed by atoms with Crippen molar-refractivity contribution in [3.63, 3.8) is 0 Å². The summed E-state index contributed by atoms with van der Waals surface area (Å²) in [4.78, 5) is 21.9. The Bertz CT molecular complexity index is 1400. The zero-order valence-electron chi connectivity index (χ0n) is 17.7. The number of aromatic nitrogens is 4. The smallest absolute Gasteiger partial charge is 0.278 e. The van der Waals surface area contributed by atoms with E-state index in [0.29, 0.717) is 34.6 Å². The minimum Gasteiger partial charge on any atom is -0.324 e. The van der Waals surface area contributed by atoms with Crippen molar-refractivity contribution in [1.29, 1.82) is 0 Å². The Labute approximate surface area is 183 Å². The second kappa shape index (κ2) is 7.00. The highest BCUT2D eigenvalue weighted by Gasteiger charge is 2.46. The van der Waals surface area contributed by atoms with E-state index in [9.17, 15) is 9.18 Å². The van der Waals surface area contributed by atoms with Gasteiger partial charge in [-0.2, -0.15) is 4.98 Å². The summed E-state index contributed by atoms with van der Waals surface area (Å²) < 4.78 is 16.8. The Morgan fingerprint density at radius 3 is 2.75 bits per heavy atom. The van der Waals surface area contributed by atoms with E-state index in [1.807, 2.05) is 6.92 Å². The first kappa shape index (κ1) is 19.2. The Morgan fingerprint density at radius 2 is 2.00 bits per heavy atom. The maximum absolute atomic E-state index is 13.5. The number of benzene rings is 2. The largest absolute Gasteiger partial charge is 0.324 e. The molecule has 7 nitrogen and oxygen atoms in total. The molecule has 1 spiro atoms. The van der Waals surface area contributed by atoms with Gasteiger partial charge in [0.2, 0.25) is 5.95 Å². The minimum atomic E-state index is -0.331. The molecule has 2 N–H and O–H groups in total. The molecule has 2 aliphatic rings. The molecule has 2 aromatic heterocycles. The number of halogens is 1. The van der Waals surface area contributed by atoms with Crippen LogP contribution < -0.4 is 16.2 Å².